The van der Waals surface area contributed by atoms with Gasteiger partial charge in [0.25, 0.3) is 11.4 Å². The summed E-state index contributed by atoms with van der Waals surface area (Å²) in [6.07, 6.45) is 0. The predicted octanol–water partition coefficient (Wildman–Crippen LogP) is 1.38. The van der Waals surface area contributed by atoms with Crippen LogP contribution in [0, 0.1) is 0 Å². The Kier molecular flexibility index (Phi) is 7.27. The third-order valence-corrected chi connectivity index (χ3v) is 2.16. The SMILES string of the molecule is CCN(CC)c1cc(N)ccc1N.O=S(O)O. The summed E-state index contributed by atoms with van der Waals surface area (Å²) in [7, 11) is 0. The van der Waals surface area contributed by atoms with Gasteiger partial charge in [-0.1, -0.05) is 0 Å². The minimum atomic E-state index is -2.61. The van der Waals surface area contributed by atoms with E-state index in [-0.39, 0.29) is 0 Å². The van der Waals surface area contributed by atoms with Crippen LogP contribution >= 0.6 is 0 Å². The summed E-state index contributed by atoms with van der Waals surface area (Å²) in [5.74, 6) is 0. The Morgan fingerprint density at radius 1 is 1.24 bits per heavy atom. The second kappa shape index (κ2) is 7.88. The highest BCUT2D eigenvalue weighted by Gasteiger charge is 2.05. The standard InChI is InChI=1S/C10H17N3.H2O3S/c1-3-13(4-2)10-7-8(11)5-6-9(10)12;1-4(2)3/h5-7H,3-4,11-12H2,1-2H3;(H2,1,2,3). The molecule has 98 valence electrons. The lowest BCUT2D eigenvalue weighted by atomic mass is 10.2. The predicted molar refractivity (Wildman–Crippen MR) is 72.2 cm³/mol. The molecule has 0 spiro atoms. The molecule has 7 heteroatoms. The van der Waals surface area contributed by atoms with E-state index in [9.17, 15) is 0 Å². The molecule has 1 aromatic rings. The zero-order valence-electron chi connectivity index (χ0n) is 9.96. The maximum Gasteiger partial charge on any atom is 0.299 e. The Hall–Kier alpha value is -1.31. The summed E-state index contributed by atoms with van der Waals surface area (Å²) in [5, 5.41) is 0. The van der Waals surface area contributed by atoms with Crippen molar-refractivity contribution in [1.82, 2.24) is 0 Å². The number of hydrogen-bond donors (Lipinski definition) is 4. The fourth-order valence-corrected chi connectivity index (χ4v) is 1.40. The monoisotopic (exact) mass is 261 g/mol. The van der Waals surface area contributed by atoms with Crippen LogP contribution in [-0.2, 0) is 11.4 Å². The summed E-state index contributed by atoms with van der Waals surface area (Å²) in [6.45, 7) is 6.10. The Balaban J connectivity index is 0.000000557. The highest BCUT2D eigenvalue weighted by atomic mass is 32.2. The van der Waals surface area contributed by atoms with Gasteiger partial charge in [0, 0.05) is 18.8 Å². The molecule has 0 unspecified atom stereocenters. The van der Waals surface area contributed by atoms with Gasteiger partial charge in [-0.2, -0.15) is 4.21 Å². The molecular formula is C10H19N3O3S. The van der Waals surface area contributed by atoms with Gasteiger partial charge >= 0.3 is 0 Å². The average Bonchev–Trinajstić information content (AvgIpc) is 2.24. The summed E-state index contributed by atoms with van der Waals surface area (Å²) in [6, 6.07) is 5.59. The minimum Gasteiger partial charge on any atom is -0.399 e. The van der Waals surface area contributed by atoms with Gasteiger partial charge in [-0.3, -0.25) is 9.11 Å². The second-order valence-corrected chi connectivity index (χ2v) is 3.68. The third-order valence-electron chi connectivity index (χ3n) is 2.16. The van der Waals surface area contributed by atoms with E-state index in [4.69, 9.17) is 24.8 Å². The van der Waals surface area contributed by atoms with Crippen molar-refractivity contribution in [3.05, 3.63) is 18.2 Å². The number of benzene rings is 1. The first-order valence-corrected chi connectivity index (χ1v) is 6.18. The Labute approximate surface area is 104 Å². The molecule has 0 saturated heterocycles. The van der Waals surface area contributed by atoms with E-state index in [2.05, 4.69) is 18.7 Å². The fraction of sp³-hybridized carbons (Fsp3) is 0.400. The maximum atomic E-state index is 8.67. The van der Waals surface area contributed by atoms with Crippen LogP contribution < -0.4 is 16.4 Å². The zero-order chi connectivity index (χ0) is 13.4. The van der Waals surface area contributed by atoms with Crippen LogP contribution in [0.2, 0.25) is 0 Å². The lowest BCUT2D eigenvalue weighted by molar-refractivity contribution is 0.454. The van der Waals surface area contributed by atoms with Crippen molar-refractivity contribution in [1.29, 1.82) is 0 Å². The van der Waals surface area contributed by atoms with E-state index in [1.165, 1.54) is 0 Å². The molecule has 0 radical (unpaired) electrons. The molecule has 0 fully saturated rings. The molecule has 0 amide bonds. The van der Waals surface area contributed by atoms with Crippen LogP contribution in [0.25, 0.3) is 0 Å². The van der Waals surface area contributed by atoms with E-state index in [1.807, 2.05) is 18.2 Å². The van der Waals surface area contributed by atoms with Crippen LogP contribution in [0.1, 0.15) is 13.8 Å². The van der Waals surface area contributed by atoms with Crippen molar-refractivity contribution in [3.63, 3.8) is 0 Å². The number of nitrogen functional groups attached to an aromatic ring is 2. The topological polar surface area (TPSA) is 113 Å². The Bertz CT molecular complexity index is 366. The summed E-state index contributed by atoms with van der Waals surface area (Å²) in [5.41, 5.74) is 14.1. The Morgan fingerprint density at radius 2 is 1.71 bits per heavy atom. The van der Waals surface area contributed by atoms with Gasteiger partial charge in [0.1, 0.15) is 0 Å². The molecule has 0 bridgehead atoms. The molecule has 0 heterocycles. The van der Waals surface area contributed by atoms with Crippen LogP contribution in [-0.4, -0.2) is 26.4 Å². The summed E-state index contributed by atoms with van der Waals surface area (Å²) in [4.78, 5) is 2.19. The minimum absolute atomic E-state index is 0.760. The molecule has 0 saturated carbocycles. The second-order valence-electron chi connectivity index (χ2n) is 3.22. The van der Waals surface area contributed by atoms with E-state index in [0.717, 1.165) is 30.2 Å². The first kappa shape index (κ1) is 15.7. The molecule has 1 aromatic carbocycles. The molecule has 0 aliphatic rings. The van der Waals surface area contributed by atoms with E-state index >= 15 is 0 Å². The van der Waals surface area contributed by atoms with Crippen LogP contribution in [0.4, 0.5) is 17.1 Å². The van der Waals surface area contributed by atoms with Crippen LogP contribution in [0.3, 0.4) is 0 Å². The first-order valence-electron chi connectivity index (χ1n) is 5.12. The van der Waals surface area contributed by atoms with Gasteiger partial charge in [0.2, 0.25) is 0 Å². The van der Waals surface area contributed by atoms with Crippen molar-refractivity contribution < 1.29 is 13.3 Å². The third kappa shape index (κ3) is 6.10. The molecule has 0 aliphatic carbocycles. The Morgan fingerprint density at radius 3 is 2.12 bits per heavy atom. The van der Waals surface area contributed by atoms with Gasteiger partial charge < -0.3 is 16.4 Å². The highest BCUT2D eigenvalue weighted by molar-refractivity contribution is 7.73. The molecule has 6 nitrogen and oxygen atoms in total. The van der Waals surface area contributed by atoms with E-state index in [0.29, 0.717) is 0 Å². The fourth-order valence-electron chi connectivity index (χ4n) is 1.40. The van der Waals surface area contributed by atoms with Gasteiger partial charge in [-0.25, -0.2) is 0 Å². The summed E-state index contributed by atoms with van der Waals surface area (Å²) < 4.78 is 22.8. The van der Waals surface area contributed by atoms with E-state index < -0.39 is 11.4 Å². The quantitative estimate of drug-likeness (QED) is 0.483. The van der Waals surface area contributed by atoms with E-state index in [1.54, 1.807) is 0 Å². The molecule has 17 heavy (non-hydrogen) atoms. The van der Waals surface area contributed by atoms with Crippen molar-refractivity contribution in [2.45, 2.75) is 13.8 Å². The zero-order valence-corrected chi connectivity index (χ0v) is 10.8. The molecule has 0 aromatic heterocycles. The molecule has 1 rings (SSSR count). The number of hydrogen-bond acceptors (Lipinski definition) is 4. The average molecular weight is 261 g/mol. The molecular weight excluding hydrogens is 242 g/mol. The summed E-state index contributed by atoms with van der Waals surface area (Å²) >= 11 is -2.61. The van der Waals surface area contributed by atoms with Crippen molar-refractivity contribution in [2.75, 3.05) is 29.5 Å². The normalized spacial score (nSPS) is 9.71. The number of rotatable bonds is 3. The maximum absolute atomic E-state index is 8.67. The lowest BCUT2D eigenvalue weighted by Gasteiger charge is -2.22. The lowest BCUT2D eigenvalue weighted by Crippen LogP contribution is -2.23. The smallest absolute Gasteiger partial charge is 0.299 e. The van der Waals surface area contributed by atoms with Crippen molar-refractivity contribution in [3.8, 4) is 0 Å². The van der Waals surface area contributed by atoms with Crippen molar-refractivity contribution >= 4 is 28.4 Å². The highest BCUT2D eigenvalue weighted by Crippen LogP contribution is 2.25. The van der Waals surface area contributed by atoms with Crippen LogP contribution in [0.5, 0.6) is 0 Å². The van der Waals surface area contributed by atoms with Gasteiger partial charge in [-0.05, 0) is 32.0 Å². The number of anilines is 3. The first-order chi connectivity index (χ1) is 7.92. The largest absolute Gasteiger partial charge is 0.399 e. The number of nitrogens with zero attached hydrogens (tertiary/aromatic N) is 1. The van der Waals surface area contributed by atoms with Gasteiger partial charge in [0.15, 0.2) is 0 Å². The molecule has 0 aliphatic heterocycles. The van der Waals surface area contributed by atoms with Gasteiger partial charge in [-0.15, -0.1) is 0 Å². The van der Waals surface area contributed by atoms with Crippen LogP contribution in [0.15, 0.2) is 18.2 Å². The van der Waals surface area contributed by atoms with Gasteiger partial charge in [0.05, 0.1) is 11.4 Å². The van der Waals surface area contributed by atoms with Crippen molar-refractivity contribution in [2.24, 2.45) is 0 Å². The molecule has 0 atom stereocenters. The molecule has 6 N–H and O–H groups in total. The number of nitrogens with two attached hydrogens (primary N) is 2.